The molecule has 4 rings (SSSR count). The molecule has 0 saturated heterocycles. The molecule has 0 aliphatic carbocycles. The van der Waals surface area contributed by atoms with Gasteiger partial charge in [0.15, 0.2) is 50.1 Å². The van der Waals surface area contributed by atoms with E-state index in [1.807, 2.05) is 0 Å². The predicted octanol–water partition coefficient (Wildman–Crippen LogP) is 5.86. The summed E-state index contributed by atoms with van der Waals surface area (Å²) in [4.78, 5) is -2.05. The normalized spacial score (nSPS) is 12.9. The van der Waals surface area contributed by atoms with Crippen LogP contribution in [0.5, 0.6) is 5.75 Å². The van der Waals surface area contributed by atoms with Gasteiger partial charge in [-0.3, -0.25) is 17.5 Å². The van der Waals surface area contributed by atoms with Crippen LogP contribution in [0.3, 0.4) is 0 Å². The second kappa shape index (κ2) is 22.6. The van der Waals surface area contributed by atoms with Gasteiger partial charge in [0.25, 0.3) is 20.2 Å². The van der Waals surface area contributed by atoms with Crippen LogP contribution in [0.15, 0.2) is 101 Å². The van der Waals surface area contributed by atoms with Crippen molar-refractivity contribution in [3.63, 3.8) is 0 Å². The first kappa shape index (κ1) is 49.9. The predicted molar refractivity (Wildman–Crippen MR) is 208 cm³/mol. The Morgan fingerprint density at radius 1 is 0.623 bits per heavy atom. The first-order chi connectivity index (χ1) is 28.8. The molecular formula is C27H27N5O22S7. The SMILES string of the molecule is O=S(=O)(O)CNc1ccc2c(O)c(/N=N/c3ccc(S(=O)(=O)CCOSOOO)cc3S(=O)(=O)O)c(SOOO)cc2c1/N=N/c1ccc(S(=O)(=O)CCOSOOO)cc1. The van der Waals surface area contributed by atoms with Crippen LogP contribution < -0.4 is 5.32 Å². The van der Waals surface area contributed by atoms with E-state index in [1.54, 1.807) is 0 Å². The quantitative estimate of drug-likeness (QED) is 0.0102. The number of aromatic hydroxyl groups is 1. The molecule has 61 heavy (non-hydrogen) atoms. The third-order valence-corrected chi connectivity index (χ3v) is 13.3. The summed E-state index contributed by atoms with van der Waals surface area (Å²) in [5, 5.41) is 65.0. The average molecular weight is 998 g/mol. The molecule has 0 fully saturated rings. The highest BCUT2D eigenvalue weighted by atomic mass is 32.2. The van der Waals surface area contributed by atoms with Crippen molar-refractivity contribution in [1.29, 1.82) is 0 Å². The summed E-state index contributed by atoms with van der Waals surface area (Å²) in [7, 11) is -18.0. The first-order valence-electron chi connectivity index (χ1n) is 15.5. The third-order valence-electron chi connectivity index (χ3n) is 7.18. The van der Waals surface area contributed by atoms with Crippen LogP contribution in [0.25, 0.3) is 10.8 Å². The van der Waals surface area contributed by atoms with Crippen molar-refractivity contribution in [2.24, 2.45) is 20.5 Å². The van der Waals surface area contributed by atoms with Crippen LogP contribution in [-0.2, 0) is 76.4 Å². The number of anilines is 1. The number of rotatable bonds is 25. The summed E-state index contributed by atoms with van der Waals surface area (Å²) in [6.45, 7) is -0.882. The number of hydrogen-bond acceptors (Lipinski definition) is 28. The zero-order chi connectivity index (χ0) is 44.8. The average Bonchev–Trinajstić information content (AvgIpc) is 3.20. The molecule has 7 N–H and O–H groups in total. The zero-order valence-corrected chi connectivity index (χ0v) is 35.4. The number of azo groups is 2. The molecule has 0 spiro atoms. The van der Waals surface area contributed by atoms with E-state index in [-0.39, 0.29) is 80.9 Å². The molecule has 334 valence electrons. The van der Waals surface area contributed by atoms with Crippen LogP contribution in [0, 0.1) is 0 Å². The Morgan fingerprint density at radius 3 is 1.77 bits per heavy atom. The van der Waals surface area contributed by atoms with Gasteiger partial charge in [-0.1, -0.05) is 15.1 Å². The second-order valence-corrected chi connectivity index (χ2v) is 19.8. The lowest BCUT2D eigenvalue weighted by Gasteiger charge is -2.14. The Morgan fingerprint density at radius 2 is 1.20 bits per heavy atom. The maximum Gasteiger partial charge on any atom is 0.296 e. The van der Waals surface area contributed by atoms with Gasteiger partial charge in [-0.2, -0.15) is 21.9 Å². The number of nitrogens with zero attached hydrogens (tertiary/aromatic N) is 4. The van der Waals surface area contributed by atoms with Crippen LogP contribution in [0.1, 0.15) is 0 Å². The van der Waals surface area contributed by atoms with Crippen LogP contribution in [0.4, 0.5) is 28.4 Å². The third kappa shape index (κ3) is 14.7. The summed E-state index contributed by atoms with van der Waals surface area (Å²) < 4.78 is 140. The van der Waals surface area contributed by atoms with Gasteiger partial charge >= 0.3 is 0 Å². The topological polar surface area (TPSA) is 393 Å². The summed E-state index contributed by atoms with van der Waals surface area (Å²) >= 11 is 0.486. The van der Waals surface area contributed by atoms with E-state index in [9.17, 15) is 47.9 Å². The molecule has 0 aliphatic rings. The van der Waals surface area contributed by atoms with Gasteiger partial charge in [0.1, 0.15) is 27.8 Å². The van der Waals surface area contributed by atoms with Gasteiger partial charge in [0.2, 0.25) is 0 Å². The summed E-state index contributed by atoms with van der Waals surface area (Å²) in [6, 6.07) is 10.9. The molecule has 0 heterocycles. The second-order valence-electron chi connectivity index (χ2n) is 11.0. The molecular weight excluding hydrogens is 971 g/mol. The van der Waals surface area contributed by atoms with E-state index in [4.69, 9.17) is 24.1 Å². The van der Waals surface area contributed by atoms with E-state index in [0.29, 0.717) is 6.07 Å². The minimum atomic E-state index is -5.20. The summed E-state index contributed by atoms with van der Waals surface area (Å²) in [5.74, 6) is -3.01. The minimum Gasteiger partial charge on any atom is -0.505 e. The molecule has 27 nitrogen and oxygen atoms in total. The monoisotopic (exact) mass is 997 g/mol. The highest BCUT2D eigenvalue weighted by molar-refractivity contribution is 7.94. The Hall–Kier alpha value is -3.73. The fourth-order valence-electron chi connectivity index (χ4n) is 4.60. The lowest BCUT2D eigenvalue weighted by molar-refractivity contribution is -0.434. The zero-order valence-electron chi connectivity index (χ0n) is 29.7. The number of phenolic OH excluding ortho intramolecular Hbond substituents is 1. The molecule has 0 radical (unpaired) electrons. The van der Waals surface area contributed by atoms with Crippen LogP contribution >= 0.6 is 36.7 Å². The van der Waals surface area contributed by atoms with Gasteiger partial charge in [-0.25, -0.2) is 32.6 Å². The maximum atomic E-state index is 12.8. The largest absolute Gasteiger partial charge is 0.505 e. The molecule has 4 aromatic rings. The molecule has 0 amide bonds. The van der Waals surface area contributed by atoms with Gasteiger partial charge in [-0.05, 0) is 60.7 Å². The number of nitrogens with one attached hydrogen (secondary N) is 1. The fraction of sp³-hybridized carbons (Fsp3) is 0.185. The van der Waals surface area contributed by atoms with Crippen LogP contribution in [0.2, 0.25) is 0 Å². The lowest BCUT2D eigenvalue weighted by atomic mass is 10.1. The number of fused-ring (bicyclic) bond motifs is 1. The van der Waals surface area contributed by atoms with Gasteiger partial charge in [-0.15, -0.1) is 28.3 Å². The molecule has 0 saturated carbocycles. The van der Waals surface area contributed by atoms with Gasteiger partial charge in [0, 0.05) is 10.8 Å². The van der Waals surface area contributed by atoms with Crippen molar-refractivity contribution in [3.8, 4) is 5.75 Å². The summed E-state index contributed by atoms with van der Waals surface area (Å²) in [5.41, 5.74) is -1.40. The highest BCUT2D eigenvalue weighted by Gasteiger charge is 2.24. The number of hydrogen-bond donors (Lipinski definition) is 7. The molecule has 0 atom stereocenters. The van der Waals surface area contributed by atoms with E-state index in [2.05, 4.69) is 53.9 Å². The Labute approximate surface area is 356 Å². The smallest absolute Gasteiger partial charge is 0.296 e. The molecule has 0 bridgehead atoms. The molecule has 34 heteroatoms. The van der Waals surface area contributed by atoms with Crippen molar-refractivity contribution in [3.05, 3.63) is 60.7 Å². The maximum absolute atomic E-state index is 12.8. The van der Waals surface area contributed by atoms with Crippen molar-refractivity contribution in [1.82, 2.24) is 0 Å². The van der Waals surface area contributed by atoms with Crippen molar-refractivity contribution < 1.29 is 100 Å². The summed E-state index contributed by atoms with van der Waals surface area (Å²) in [6.07, 6.45) is 0. The number of sulfone groups is 2. The Bertz CT molecular complexity index is 2670. The molecule has 0 aliphatic heterocycles. The minimum absolute atomic E-state index is 0.0526. The Balaban J connectivity index is 1.78. The van der Waals surface area contributed by atoms with E-state index >= 15 is 0 Å². The fourth-order valence-corrected chi connectivity index (χ4v) is 8.99. The molecule has 0 unspecified atom stereocenters. The first-order valence-corrected chi connectivity index (χ1v) is 23.9. The highest BCUT2D eigenvalue weighted by Crippen LogP contribution is 2.48. The molecule has 4 aromatic carbocycles. The van der Waals surface area contributed by atoms with Gasteiger partial charge < -0.3 is 10.4 Å². The van der Waals surface area contributed by atoms with E-state index in [0.717, 1.165) is 12.1 Å². The number of benzene rings is 4. The lowest BCUT2D eigenvalue weighted by Crippen LogP contribution is -2.13. The number of phenols is 1. The van der Waals surface area contributed by atoms with Gasteiger partial charge in [0.05, 0.1) is 62.8 Å². The standard InChI is InChI=1S/C27H27N5O22S7/c33-27-19-6-8-22(28-15-60(41,42)43)25(31-29-16-1-3-17(4-2-16)58(37,38)11-9-47-56-53-50-35)20(19)14-23(55-52-49-34)26(27)32-30-21-7-5-18(13-24(21)61(44,45)46)59(39,40)12-10-48-57-54-51-36/h1-8,13-14,28,33-36H,9-12,15H2,(H,41,42,43)(H,44,45,46)/b31-29+,32-30+. The van der Waals surface area contributed by atoms with Crippen molar-refractivity contribution >= 4 is 116 Å². The van der Waals surface area contributed by atoms with E-state index in [1.165, 1.54) is 42.5 Å². The van der Waals surface area contributed by atoms with Crippen molar-refractivity contribution in [2.75, 3.05) is 35.9 Å². The Kier molecular flexibility index (Phi) is 18.5. The van der Waals surface area contributed by atoms with E-state index < -0.39 is 90.8 Å². The van der Waals surface area contributed by atoms with Crippen LogP contribution in [-0.4, -0.2) is 94.3 Å². The molecule has 0 aromatic heterocycles. The van der Waals surface area contributed by atoms with Crippen molar-refractivity contribution in [2.45, 2.75) is 19.6 Å².